The van der Waals surface area contributed by atoms with Crippen LogP contribution >= 0.6 is 0 Å². The maximum Gasteiger partial charge on any atom is 0.242 e. The van der Waals surface area contributed by atoms with E-state index in [1.807, 2.05) is 19.1 Å². The maximum atomic E-state index is 11.8. The van der Waals surface area contributed by atoms with Crippen LogP contribution in [0, 0.1) is 13.8 Å². The number of carbonyl (C=O) groups excluding carboxylic acids is 1. The lowest BCUT2D eigenvalue weighted by molar-refractivity contribution is -0.121. The normalized spacial score (nSPS) is 12.0. The van der Waals surface area contributed by atoms with Crippen LogP contribution in [0.2, 0.25) is 0 Å². The molecule has 0 saturated heterocycles. The summed E-state index contributed by atoms with van der Waals surface area (Å²) in [4.78, 5) is 11.8. The Hall–Kier alpha value is -1.51. The molecule has 18 heavy (non-hydrogen) atoms. The van der Waals surface area contributed by atoms with Gasteiger partial charge in [-0.2, -0.15) is 0 Å². The van der Waals surface area contributed by atoms with Gasteiger partial charge in [0.25, 0.3) is 0 Å². The third kappa shape index (κ3) is 4.06. The van der Waals surface area contributed by atoms with Crippen molar-refractivity contribution in [1.29, 1.82) is 0 Å². The van der Waals surface area contributed by atoms with Gasteiger partial charge in [0.15, 0.2) is 0 Å². The summed E-state index contributed by atoms with van der Waals surface area (Å²) in [5.74, 6) is 0.0596. The summed E-state index contributed by atoms with van der Waals surface area (Å²) in [6.45, 7) is 8.91. The number of anilines is 1. The Labute approximate surface area is 110 Å². The first-order chi connectivity index (χ1) is 8.56. The van der Waals surface area contributed by atoms with Crippen LogP contribution < -0.4 is 10.6 Å². The van der Waals surface area contributed by atoms with Gasteiger partial charge in [-0.1, -0.05) is 25.5 Å². The van der Waals surface area contributed by atoms with E-state index >= 15 is 0 Å². The summed E-state index contributed by atoms with van der Waals surface area (Å²) < 4.78 is 0. The first-order valence-corrected chi connectivity index (χ1v) is 6.66. The molecule has 1 unspecified atom stereocenters. The van der Waals surface area contributed by atoms with E-state index < -0.39 is 0 Å². The topological polar surface area (TPSA) is 41.1 Å². The minimum absolute atomic E-state index is 0.0596. The van der Waals surface area contributed by atoms with E-state index in [-0.39, 0.29) is 11.9 Å². The number of benzene rings is 1. The highest BCUT2D eigenvalue weighted by Crippen LogP contribution is 2.18. The molecule has 0 heterocycles. The number of amides is 1. The van der Waals surface area contributed by atoms with Crippen LogP contribution in [0.1, 0.15) is 37.8 Å². The molecule has 3 nitrogen and oxygen atoms in total. The lowest BCUT2D eigenvalue weighted by Crippen LogP contribution is -2.38. The number of rotatable bonds is 6. The second kappa shape index (κ2) is 7.04. The molecule has 0 aliphatic rings. The summed E-state index contributed by atoms with van der Waals surface area (Å²) in [5.41, 5.74) is 3.47. The summed E-state index contributed by atoms with van der Waals surface area (Å²) in [6.07, 6.45) is 2.13. The molecule has 0 radical (unpaired) electrons. The standard InChI is InChI=1S/C15H24N2O/c1-5-6-10-16-15(18)13(4)17-14-9-7-8-11(2)12(14)3/h7-9,13,17H,5-6,10H2,1-4H3,(H,16,18). The van der Waals surface area contributed by atoms with Crippen molar-refractivity contribution in [3.05, 3.63) is 29.3 Å². The summed E-state index contributed by atoms with van der Waals surface area (Å²) in [7, 11) is 0. The predicted molar refractivity (Wildman–Crippen MR) is 76.9 cm³/mol. The van der Waals surface area contributed by atoms with Crippen molar-refractivity contribution in [1.82, 2.24) is 5.32 Å². The maximum absolute atomic E-state index is 11.8. The highest BCUT2D eigenvalue weighted by molar-refractivity contribution is 5.84. The number of hydrogen-bond acceptors (Lipinski definition) is 2. The summed E-state index contributed by atoms with van der Waals surface area (Å²) in [5, 5.41) is 6.20. The number of aryl methyl sites for hydroxylation is 1. The zero-order valence-corrected chi connectivity index (χ0v) is 11.8. The number of carbonyl (C=O) groups is 1. The molecule has 0 spiro atoms. The zero-order valence-electron chi connectivity index (χ0n) is 11.8. The van der Waals surface area contributed by atoms with Crippen molar-refractivity contribution in [2.75, 3.05) is 11.9 Å². The highest BCUT2D eigenvalue weighted by atomic mass is 16.2. The average Bonchev–Trinajstić information content (AvgIpc) is 2.35. The predicted octanol–water partition coefficient (Wildman–Crippen LogP) is 3.02. The molecule has 2 N–H and O–H groups in total. The Morgan fingerprint density at radius 2 is 2.06 bits per heavy atom. The van der Waals surface area contributed by atoms with Gasteiger partial charge < -0.3 is 10.6 Å². The van der Waals surface area contributed by atoms with Crippen molar-refractivity contribution < 1.29 is 4.79 Å². The van der Waals surface area contributed by atoms with Gasteiger partial charge in [0.1, 0.15) is 6.04 Å². The van der Waals surface area contributed by atoms with Crippen molar-refractivity contribution in [2.24, 2.45) is 0 Å². The van der Waals surface area contributed by atoms with E-state index in [0.29, 0.717) is 0 Å². The summed E-state index contributed by atoms with van der Waals surface area (Å²) in [6, 6.07) is 5.89. The van der Waals surface area contributed by atoms with E-state index in [2.05, 4.69) is 37.5 Å². The Morgan fingerprint density at radius 3 is 2.72 bits per heavy atom. The van der Waals surface area contributed by atoms with Gasteiger partial charge >= 0.3 is 0 Å². The third-order valence-corrected chi connectivity index (χ3v) is 3.20. The molecule has 100 valence electrons. The molecule has 1 amide bonds. The molecular weight excluding hydrogens is 224 g/mol. The molecule has 1 aromatic carbocycles. The van der Waals surface area contributed by atoms with Crippen LogP contribution in [-0.4, -0.2) is 18.5 Å². The molecule has 1 atom stereocenters. The molecule has 0 saturated carbocycles. The van der Waals surface area contributed by atoms with E-state index in [4.69, 9.17) is 0 Å². The lowest BCUT2D eigenvalue weighted by atomic mass is 10.1. The average molecular weight is 248 g/mol. The molecule has 1 aromatic rings. The molecular formula is C15H24N2O. The van der Waals surface area contributed by atoms with E-state index in [9.17, 15) is 4.79 Å². The van der Waals surface area contributed by atoms with Crippen molar-refractivity contribution in [3.63, 3.8) is 0 Å². The van der Waals surface area contributed by atoms with Gasteiger partial charge in [-0.25, -0.2) is 0 Å². The molecule has 0 bridgehead atoms. The second-order valence-electron chi connectivity index (χ2n) is 4.76. The van der Waals surface area contributed by atoms with Crippen LogP contribution in [0.25, 0.3) is 0 Å². The Morgan fingerprint density at radius 1 is 1.33 bits per heavy atom. The zero-order chi connectivity index (χ0) is 13.5. The largest absolute Gasteiger partial charge is 0.374 e. The Kier molecular flexibility index (Phi) is 5.69. The van der Waals surface area contributed by atoms with Crippen LogP contribution in [-0.2, 0) is 4.79 Å². The molecule has 0 fully saturated rings. The lowest BCUT2D eigenvalue weighted by Gasteiger charge is -2.17. The number of nitrogens with one attached hydrogen (secondary N) is 2. The molecule has 0 aliphatic heterocycles. The second-order valence-corrected chi connectivity index (χ2v) is 4.76. The van der Waals surface area contributed by atoms with Gasteiger partial charge in [0, 0.05) is 12.2 Å². The summed E-state index contributed by atoms with van der Waals surface area (Å²) >= 11 is 0. The van der Waals surface area contributed by atoms with Gasteiger partial charge in [0.05, 0.1) is 0 Å². The molecule has 0 aliphatic carbocycles. The third-order valence-electron chi connectivity index (χ3n) is 3.20. The van der Waals surface area contributed by atoms with E-state index in [1.54, 1.807) is 0 Å². The smallest absolute Gasteiger partial charge is 0.242 e. The fourth-order valence-corrected chi connectivity index (χ4v) is 1.75. The van der Waals surface area contributed by atoms with Crippen molar-refractivity contribution >= 4 is 11.6 Å². The fraction of sp³-hybridized carbons (Fsp3) is 0.533. The van der Waals surface area contributed by atoms with Crippen molar-refractivity contribution in [3.8, 4) is 0 Å². The van der Waals surface area contributed by atoms with Crippen LogP contribution in [0.5, 0.6) is 0 Å². The Bertz CT molecular complexity index is 401. The van der Waals surface area contributed by atoms with Crippen LogP contribution in [0.15, 0.2) is 18.2 Å². The van der Waals surface area contributed by atoms with Crippen molar-refractivity contribution in [2.45, 2.75) is 46.6 Å². The van der Waals surface area contributed by atoms with E-state index in [0.717, 1.165) is 25.1 Å². The first kappa shape index (κ1) is 14.6. The van der Waals surface area contributed by atoms with Gasteiger partial charge in [0.2, 0.25) is 5.91 Å². The minimum atomic E-state index is -0.206. The SMILES string of the molecule is CCCCNC(=O)C(C)Nc1cccc(C)c1C. The Balaban J connectivity index is 2.56. The quantitative estimate of drug-likeness (QED) is 0.760. The fourth-order valence-electron chi connectivity index (χ4n) is 1.75. The van der Waals surface area contributed by atoms with Crippen LogP contribution in [0.3, 0.4) is 0 Å². The van der Waals surface area contributed by atoms with Crippen LogP contribution in [0.4, 0.5) is 5.69 Å². The van der Waals surface area contributed by atoms with E-state index in [1.165, 1.54) is 11.1 Å². The molecule has 3 heteroatoms. The highest BCUT2D eigenvalue weighted by Gasteiger charge is 2.12. The monoisotopic (exact) mass is 248 g/mol. The minimum Gasteiger partial charge on any atom is -0.374 e. The number of hydrogen-bond donors (Lipinski definition) is 2. The molecule has 1 rings (SSSR count). The number of unbranched alkanes of at least 4 members (excludes halogenated alkanes) is 1. The molecule has 0 aromatic heterocycles. The van der Waals surface area contributed by atoms with Gasteiger partial charge in [-0.05, 0) is 44.4 Å². The van der Waals surface area contributed by atoms with Gasteiger partial charge in [-0.15, -0.1) is 0 Å². The van der Waals surface area contributed by atoms with Gasteiger partial charge in [-0.3, -0.25) is 4.79 Å². The first-order valence-electron chi connectivity index (χ1n) is 6.66.